The van der Waals surface area contributed by atoms with E-state index in [9.17, 15) is 9.18 Å². The second-order valence-corrected chi connectivity index (χ2v) is 4.38. The summed E-state index contributed by atoms with van der Waals surface area (Å²) in [6.07, 6.45) is 1.51. The molecule has 1 heterocycles. The molecule has 0 spiro atoms. The van der Waals surface area contributed by atoms with Crippen molar-refractivity contribution < 1.29 is 9.18 Å². The van der Waals surface area contributed by atoms with Gasteiger partial charge in [-0.25, -0.2) is 4.39 Å². The number of hydrogen-bond acceptors (Lipinski definition) is 3. The van der Waals surface area contributed by atoms with E-state index in [2.05, 4.69) is 21.0 Å². The molecule has 2 rings (SSSR count). The van der Waals surface area contributed by atoms with Crippen LogP contribution >= 0.6 is 15.9 Å². The fourth-order valence-electron chi connectivity index (χ4n) is 1.47. The summed E-state index contributed by atoms with van der Waals surface area (Å²) in [5.74, 6) is -0.912. The predicted octanol–water partition coefficient (Wildman–Crippen LogP) is 2.13. The maximum atomic E-state index is 13.3. The molecular weight excluding hydrogens is 289 g/mol. The number of hydrogen-bond donors (Lipinski definition) is 1. The standard InChI is InChI=1S/C11H9BrFN3O/c1-16-10(7(12)5-15-16)11(17)6-2-3-9(14)8(13)4-6/h2-5H,14H2,1H3. The van der Waals surface area contributed by atoms with E-state index in [1.54, 1.807) is 7.05 Å². The SMILES string of the molecule is Cn1ncc(Br)c1C(=O)c1ccc(N)c(F)c1. The van der Waals surface area contributed by atoms with Crippen LogP contribution in [0.2, 0.25) is 0 Å². The van der Waals surface area contributed by atoms with Gasteiger partial charge in [-0.2, -0.15) is 5.10 Å². The largest absolute Gasteiger partial charge is 0.396 e. The van der Waals surface area contributed by atoms with E-state index < -0.39 is 5.82 Å². The van der Waals surface area contributed by atoms with E-state index in [0.717, 1.165) is 6.07 Å². The molecule has 0 bridgehead atoms. The summed E-state index contributed by atoms with van der Waals surface area (Å²) in [6.45, 7) is 0. The number of carbonyl (C=O) groups excluding carboxylic acids is 1. The van der Waals surface area contributed by atoms with Gasteiger partial charge in [-0.05, 0) is 34.1 Å². The van der Waals surface area contributed by atoms with Crippen LogP contribution in [0.5, 0.6) is 0 Å². The van der Waals surface area contributed by atoms with Gasteiger partial charge in [0.15, 0.2) is 0 Å². The van der Waals surface area contributed by atoms with Crippen LogP contribution in [0.1, 0.15) is 16.1 Å². The van der Waals surface area contributed by atoms with Crippen LogP contribution in [0.15, 0.2) is 28.9 Å². The van der Waals surface area contributed by atoms with Crippen LogP contribution in [-0.4, -0.2) is 15.6 Å². The summed E-state index contributed by atoms with van der Waals surface area (Å²) in [4.78, 5) is 12.1. The number of anilines is 1. The average molecular weight is 298 g/mol. The number of aryl methyl sites for hydroxylation is 1. The highest BCUT2D eigenvalue weighted by Crippen LogP contribution is 2.20. The molecule has 0 atom stereocenters. The lowest BCUT2D eigenvalue weighted by Crippen LogP contribution is -2.09. The Kier molecular flexibility index (Phi) is 2.97. The Bertz CT molecular complexity index is 575. The zero-order chi connectivity index (χ0) is 12.6. The van der Waals surface area contributed by atoms with Crippen LogP contribution < -0.4 is 5.73 Å². The molecule has 0 aliphatic heterocycles. The molecule has 0 unspecified atom stereocenters. The summed E-state index contributed by atoms with van der Waals surface area (Å²) < 4.78 is 15.3. The van der Waals surface area contributed by atoms with E-state index >= 15 is 0 Å². The van der Waals surface area contributed by atoms with Gasteiger partial charge < -0.3 is 5.73 Å². The molecule has 0 fully saturated rings. The molecule has 4 nitrogen and oxygen atoms in total. The van der Waals surface area contributed by atoms with Crippen molar-refractivity contribution in [1.82, 2.24) is 9.78 Å². The summed E-state index contributed by atoms with van der Waals surface area (Å²) >= 11 is 3.23. The lowest BCUT2D eigenvalue weighted by molar-refractivity contribution is 0.102. The molecule has 88 valence electrons. The molecule has 6 heteroatoms. The van der Waals surface area contributed by atoms with Gasteiger partial charge in [0.2, 0.25) is 5.78 Å². The lowest BCUT2D eigenvalue weighted by atomic mass is 10.1. The number of benzene rings is 1. The number of carbonyl (C=O) groups is 1. The first-order valence-electron chi connectivity index (χ1n) is 4.78. The van der Waals surface area contributed by atoms with Gasteiger partial charge in [-0.1, -0.05) is 0 Å². The van der Waals surface area contributed by atoms with Crippen molar-refractivity contribution >= 4 is 27.4 Å². The number of aromatic nitrogens is 2. The van der Waals surface area contributed by atoms with Gasteiger partial charge in [0.25, 0.3) is 0 Å². The van der Waals surface area contributed by atoms with Crippen molar-refractivity contribution in [2.45, 2.75) is 0 Å². The van der Waals surface area contributed by atoms with Gasteiger partial charge >= 0.3 is 0 Å². The van der Waals surface area contributed by atoms with E-state index in [4.69, 9.17) is 5.73 Å². The number of ketones is 1. The number of nitrogens with zero attached hydrogens (tertiary/aromatic N) is 2. The highest BCUT2D eigenvalue weighted by Gasteiger charge is 2.18. The van der Waals surface area contributed by atoms with Crippen LogP contribution in [-0.2, 0) is 7.05 Å². The Morgan fingerprint density at radius 3 is 2.76 bits per heavy atom. The molecule has 0 amide bonds. The fraction of sp³-hybridized carbons (Fsp3) is 0.0909. The van der Waals surface area contributed by atoms with Crippen LogP contribution in [0.4, 0.5) is 10.1 Å². The molecule has 0 aliphatic carbocycles. The normalized spacial score (nSPS) is 10.5. The zero-order valence-electron chi connectivity index (χ0n) is 8.95. The maximum absolute atomic E-state index is 13.3. The van der Waals surface area contributed by atoms with Crippen molar-refractivity contribution in [3.8, 4) is 0 Å². The van der Waals surface area contributed by atoms with Gasteiger partial charge in [0, 0.05) is 12.6 Å². The predicted molar refractivity (Wildman–Crippen MR) is 65.2 cm³/mol. The third kappa shape index (κ3) is 2.08. The molecule has 1 aromatic carbocycles. The molecule has 0 saturated carbocycles. The van der Waals surface area contributed by atoms with Crippen molar-refractivity contribution in [2.24, 2.45) is 7.05 Å². The number of rotatable bonds is 2. The fourth-order valence-corrected chi connectivity index (χ4v) is 2.00. The first-order chi connectivity index (χ1) is 8.00. The summed E-state index contributed by atoms with van der Waals surface area (Å²) in [7, 11) is 1.64. The molecule has 0 aliphatic rings. The number of nitrogens with two attached hydrogens (primary N) is 1. The summed E-state index contributed by atoms with van der Waals surface area (Å²) in [6, 6.07) is 3.98. The Balaban J connectivity index is 2.48. The van der Waals surface area contributed by atoms with Crippen molar-refractivity contribution in [3.05, 3.63) is 45.9 Å². The molecule has 0 saturated heterocycles. The van der Waals surface area contributed by atoms with E-state index in [1.807, 2.05) is 0 Å². The van der Waals surface area contributed by atoms with Crippen molar-refractivity contribution in [1.29, 1.82) is 0 Å². The minimum atomic E-state index is -0.603. The molecule has 1 aromatic heterocycles. The minimum Gasteiger partial charge on any atom is -0.396 e. The topological polar surface area (TPSA) is 60.9 Å². The second-order valence-electron chi connectivity index (χ2n) is 3.53. The first kappa shape index (κ1) is 11.8. The van der Waals surface area contributed by atoms with Gasteiger partial charge in [0.05, 0.1) is 16.4 Å². The summed E-state index contributed by atoms with van der Waals surface area (Å²) in [5.41, 5.74) is 5.98. The highest BCUT2D eigenvalue weighted by atomic mass is 79.9. The lowest BCUT2D eigenvalue weighted by Gasteiger charge is -2.04. The van der Waals surface area contributed by atoms with Crippen LogP contribution in [0.25, 0.3) is 0 Å². The third-order valence-electron chi connectivity index (χ3n) is 2.37. The second kappa shape index (κ2) is 4.29. The summed E-state index contributed by atoms with van der Waals surface area (Å²) in [5, 5.41) is 3.93. The van der Waals surface area contributed by atoms with E-state index in [0.29, 0.717) is 10.2 Å². The van der Waals surface area contributed by atoms with E-state index in [1.165, 1.54) is 23.0 Å². The molecule has 2 N–H and O–H groups in total. The van der Waals surface area contributed by atoms with Crippen molar-refractivity contribution in [2.75, 3.05) is 5.73 Å². The maximum Gasteiger partial charge on any atom is 0.212 e. The average Bonchev–Trinajstić information content (AvgIpc) is 2.62. The van der Waals surface area contributed by atoms with Crippen LogP contribution in [0.3, 0.4) is 0 Å². The van der Waals surface area contributed by atoms with Crippen molar-refractivity contribution in [3.63, 3.8) is 0 Å². The van der Waals surface area contributed by atoms with Gasteiger partial charge in [0.1, 0.15) is 11.5 Å². The van der Waals surface area contributed by atoms with Gasteiger partial charge in [-0.3, -0.25) is 9.48 Å². The van der Waals surface area contributed by atoms with E-state index in [-0.39, 0.29) is 17.0 Å². The van der Waals surface area contributed by atoms with Gasteiger partial charge in [-0.15, -0.1) is 0 Å². The Labute approximate surface area is 105 Å². The monoisotopic (exact) mass is 297 g/mol. The molecule has 2 aromatic rings. The highest BCUT2D eigenvalue weighted by molar-refractivity contribution is 9.10. The number of nitrogen functional groups attached to an aromatic ring is 1. The number of halogens is 2. The third-order valence-corrected chi connectivity index (χ3v) is 2.95. The van der Waals surface area contributed by atoms with Crippen LogP contribution in [0, 0.1) is 5.82 Å². The molecule has 17 heavy (non-hydrogen) atoms. The Morgan fingerprint density at radius 2 is 2.24 bits per heavy atom. The molecule has 0 radical (unpaired) electrons. The zero-order valence-corrected chi connectivity index (χ0v) is 10.5. The quantitative estimate of drug-likeness (QED) is 0.682. The molecular formula is C11H9BrFN3O. The minimum absolute atomic E-state index is 0.0191. The first-order valence-corrected chi connectivity index (χ1v) is 5.57. The Hall–Kier alpha value is -1.69. The Morgan fingerprint density at radius 1 is 1.53 bits per heavy atom. The smallest absolute Gasteiger partial charge is 0.212 e.